The number of Topliss-reactive ketones (excluding diaryl/α,β-unsaturated/α-hetero) is 1. The van der Waals surface area contributed by atoms with Gasteiger partial charge in [-0.1, -0.05) is 72.8 Å². The van der Waals surface area contributed by atoms with Crippen molar-refractivity contribution in [3.8, 4) is 44.5 Å². The molecule has 1 heterocycles. The fourth-order valence-electron chi connectivity index (χ4n) is 5.18. The van der Waals surface area contributed by atoms with Gasteiger partial charge in [-0.05, 0) is 107 Å². The van der Waals surface area contributed by atoms with Gasteiger partial charge in [0.2, 0.25) is 0 Å². The van der Waals surface area contributed by atoms with Crippen molar-refractivity contribution in [3.63, 3.8) is 0 Å². The molecule has 5 aromatic rings. The number of aryl methyl sites for hydroxylation is 3. The average molecular weight is 482 g/mol. The summed E-state index contributed by atoms with van der Waals surface area (Å²) in [5.41, 5.74) is 14.6. The Labute approximate surface area is 219 Å². The minimum Gasteiger partial charge on any atom is -0.293 e. The lowest BCUT2D eigenvalue weighted by atomic mass is 9.87. The number of hydrogen-bond acceptors (Lipinski definition) is 2. The molecule has 4 aromatic carbocycles. The van der Waals surface area contributed by atoms with E-state index in [9.17, 15) is 4.79 Å². The lowest BCUT2D eigenvalue weighted by Gasteiger charge is -2.17. The number of rotatable bonds is 5. The van der Waals surface area contributed by atoms with Crippen LogP contribution >= 0.6 is 0 Å². The number of benzene rings is 4. The Balaban J connectivity index is 1.63. The van der Waals surface area contributed by atoms with Gasteiger partial charge >= 0.3 is 0 Å². The largest absolute Gasteiger partial charge is 0.293 e. The molecule has 0 saturated heterocycles. The molecule has 0 bridgehead atoms. The van der Waals surface area contributed by atoms with Crippen molar-refractivity contribution in [2.45, 2.75) is 34.6 Å². The maximum Gasteiger partial charge on any atom is 0.178 e. The number of aromatic nitrogens is 1. The van der Waals surface area contributed by atoms with E-state index in [0.29, 0.717) is 5.69 Å². The van der Waals surface area contributed by atoms with E-state index < -0.39 is 0 Å². The number of nitrogens with zero attached hydrogens (tertiary/aromatic N) is 1. The summed E-state index contributed by atoms with van der Waals surface area (Å²) in [6.07, 6.45) is 1.68. The van der Waals surface area contributed by atoms with Crippen LogP contribution in [-0.2, 0) is 0 Å². The first-order valence-corrected chi connectivity index (χ1v) is 12.7. The molecule has 0 aliphatic carbocycles. The smallest absolute Gasteiger partial charge is 0.178 e. The molecule has 0 atom stereocenters. The van der Waals surface area contributed by atoms with Crippen molar-refractivity contribution in [2.24, 2.45) is 0 Å². The Morgan fingerprint density at radius 1 is 0.541 bits per heavy atom. The van der Waals surface area contributed by atoms with E-state index in [2.05, 4.69) is 112 Å². The molecule has 1 aromatic heterocycles. The van der Waals surface area contributed by atoms with Crippen LogP contribution in [0.5, 0.6) is 0 Å². The topological polar surface area (TPSA) is 30.0 Å². The number of pyridine rings is 1. The third kappa shape index (κ3) is 4.63. The van der Waals surface area contributed by atoms with E-state index in [4.69, 9.17) is 0 Å². The molecular weight excluding hydrogens is 450 g/mol. The van der Waals surface area contributed by atoms with E-state index in [1.807, 2.05) is 12.1 Å². The van der Waals surface area contributed by atoms with Crippen molar-refractivity contribution in [2.75, 3.05) is 0 Å². The molecule has 0 amide bonds. The number of ketones is 1. The molecule has 0 aliphatic rings. The predicted octanol–water partition coefficient (Wildman–Crippen LogP) is 9.19. The lowest BCUT2D eigenvalue weighted by Crippen LogP contribution is -2.01. The van der Waals surface area contributed by atoms with Crippen molar-refractivity contribution in [1.82, 2.24) is 4.98 Å². The van der Waals surface area contributed by atoms with Gasteiger partial charge in [-0.3, -0.25) is 9.78 Å². The molecule has 0 fully saturated rings. The van der Waals surface area contributed by atoms with Crippen molar-refractivity contribution < 1.29 is 4.79 Å². The Morgan fingerprint density at radius 3 is 1.68 bits per heavy atom. The third-order valence-corrected chi connectivity index (χ3v) is 7.30. The van der Waals surface area contributed by atoms with Crippen LogP contribution in [0.4, 0.5) is 0 Å². The van der Waals surface area contributed by atoms with Gasteiger partial charge in [0.15, 0.2) is 5.78 Å². The first kappa shape index (κ1) is 24.4. The summed E-state index contributed by atoms with van der Waals surface area (Å²) >= 11 is 0. The van der Waals surface area contributed by atoms with Crippen LogP contribution in [0.15, 0.2) is 97.2 Å². The highest BCUT2D eigenvalue weighted by Crippen LogP contribution is 2.37. The summed E-state index contributed by atoms with van der Waals surface area (Å²) in [5, 5.41) is 0. The Morgan fingerprint density at radius 2 is 1.05 bits per heavy atom. The zero-order valence-corrected chi connectivity index (χ0v) is 22.1. The molecule has 0 saturated carbocycles. The van der Waals surface area contributed by atoms with Crippen LogP contribution in [0.1, 0.15) is 39.7 Å². The molecule has 37 heavy (non-hydrogen) atoms. The van der Waals surface area contributed by atoms with Crippen LogP contribution in [0, 0.1) is 27.7 Å². The lowest BCUT2D eigenvalue weighted by molar-refractivity contribution is 0.101. The van der Waals surface area contributed by atoms with Gasteiger partial charge in [-0.25, -0.2) is 0 Å². The normalized spacial score (nSPS) is 10.9. The maximum absolute atomic E-state index is 12.3. The van der Waals surface area contributed by atoms with Crippen LogP contribution < -0.4 is 0 Å². The molecule has 5 rings (SSSR count). The Bertz CT molecular complexity index is 1640. The number of hydrogen-bond donors (Lipinski definition) is 0. The highest BCUT2D eigenvalue weighted by Gasteiger charge is 2.16. The summed E-state index contributed by atoms with van der Waals surface area (Å²) in [6.45, 7) is 10.2. The van der Waals surface area contributed by atoms with E-state index in [0.717, 1.165) is 16.7 Å². The van der Waals surface area contributed by atoms with Crippen LogP contribution in [0.2, 0.25) is 0 Å². The molecule has 0 spiro atoms. The SMILES string of the molecule is CC(=O)c1ncccc1-c1cccc(-c2cc(-c3ccc(C)c(-c4ccccc4C)c3)ccc2C)c1C. The first-order chi connectivity index (χ1) is 17.8. The molecule has 0 N–H and O–H groups in total. The van der Waals surface area contributed by atoms with Crippen LogP contribution in [0.3, 0.4) is 0 Å². The van der Waals surface area contributed by atoms with Crippen molar-refractivity contribution in [3.05, 3.63) is 125 Å². The van der Waals surface area contributed by atoms with Crippen LogP contribution in [0.25, 0.3) is 44.5 Å². The maximum atomic E-state index is 12.3. The summed E-state index contributed by atoms with van der Waals surface area (Å²) < 4.78 is 0. The summed E-state index contributed by atoms with van der Waals surface area (Å²) in [4.78, 5) is 16.6. The van der Waals surface area contributed by atoms with Gasteiger partial charge in [-0.15, -0.1) is 0 Å². The monoisotopic (exact) mass is 481 g/mol. The molecule has 2 heteroatoms. The molecule has 0 aliphatic heterocycles. The van der Waals surface area contributed by atoms with E-state index in [1.54, 1.807) is 13.1 Å². The Kier molecular flexibility index (Phi) is 6.58. The van der Waals surface area contributed by atoms with Gasteiger partial charge in [0.05, 0.1) is 0 Å². The minimum absolute atomic E-state index is 0.0255. The van der Waals surface area contributed by atoms with Crippen molar-refractivity contribution >= 4 is 5.78 Å². The zero-order chi connectivity index (χ0) is 26.1. The molecule has 0 radical (unpaired) electrons. The van der Waals surface area contributed by atoms with E-state index in [1.165, 1.54) is 50.1 Å². The fourth-order valence-corrected chi connectivity index (χ4v) is 5.18. The second-order valence-electron chi connectivity index (χ2n) is 9.81. The highest BCUT2D eigenvalue weighted by molar-refractivity contribution is 5.99. The standard InChI is InChI=1S/C35H31NO/c1-22-10-6-7-11-29(22)33-20-27(17-15-23(33)2)28-18-16-24(3)34(21-28)31-13-8-12-30(25(31)4)32-14-9-19-36-35(32)26(5)37/h6-21H,1-5H3. The first-order valence-electron chi connectivity index (χ1n) is 12.7. The quantitative estimate of drug-likeness (QED) is 0.234. The zero-order valence-electron chi connectivity index (χ0n) is 22.1. The van der Waals surface area contributed by atoms with Gasteiger partial charge in [0.1, 0.15) is 5.69 Å². The average Bonchev–Trinajstić information content (AvgIpc) is 2.90. The summed E-state index contributed by atoms with van der Waals surface area (Å²) in [5.74, 6) is -0.0255. The Hall–Kier alpha value is -4.30. The molecular formula is C35H31NO. The van der Waals surface area contributed by atoms with Crippen LogP contribution in [-0.4, -0.2) is 10.8 Å². The molecule has 0 unspecified atom stereocenters. The van der Waals surface area contributed by atoms with E-state index >= 15 is 0 Å². The van der Waals surface area contributed by atoms with Gasteiger partial charge in [0, 0.05) is 18.7 Å². The fraction of sp³-hybridized carbons (Fsp3) is 0.143. The van der Waals surface area contributed by atoms with Crippen molar-refractivity contribution in [1.29, 1.82) is 0 Å². The second kappa shape index (κ2) is 9.99. The van der Waals surface area contributed by atoms with E-state index in [-0.39, 0.29) is 5.78 Å². The number of carbonyl (C=O) groups is 1. The highest BCUT2D eigenvalue weighted by atomic mass is 16.1. The number of carbonyl (C=O) groups excluding carboxylic acids is 1. The summed E-state index contributed by atoms with van der Waals surface area (Å²) in [7, 11) is 0. The predicted molar refractivity (Wildman–Crippen MR) is 155 cm³/mol. The second-order valence-corrected chi connectivity index (χ2v) is 9.81. The molecule has 182 valence electrons. The molecule has 2 nitrogen and oxygen atoms in total. The third-order valence-electron chi connectivity index (χ3n) is 7.30. The minimum atomic E-state index is -0.0255. The van der Waals surface area contributed by atoms with Gasteiger partial charge in [0.25, 0.3) is 0 Å². The van der Waals surface area contributed by atoms with Gasteiger partial charge < -0.3 is 0 Å². The van der Waals surface area contributed by atoms with Gasteiger partial charge in [-0.2, -0.15) is 0 Å². The summed E-state index contributed by atoms with van der Waals surface area (Å²) in [6, 6.07) is 32.2.